The molecule has 264 valence electrons. The Hall–Kier alpha value is -5.76. The minimum Gasteiger partial charge on any atom is -0.464 e. The minimum absolute atomic E-state index is 0.177. The van der Waals surface area contributed by atoms with Gasteiger partial charge in [0.2, 0.25) is 6.04 Å². The van der Waals surface area contributed by atoms with E-state index in [0.29, 0.717) is 0 Å². The molecule has 48 heavy (non-hydrogen) atoms. The predicted octanol–water partition coefficient (Wildman–Crippen LogP) is -0.164. The summed E-state index contributed by atoms with van der Waals surface area (Å²) in [5, 5.41) is 22.0. The van der Waals surface area contributed by atoms with Crippen molar-refractivity contribution in [2.24, 2.45) is 0 Å². The van der Waals surface area contributed by atoms with Crippen molar-refractivity contribution in [2.75, 3.05) is 39.6 Å². The number of esters is 6. The Balaban J connectivity index is 0.000000360. The van der Waals surface area contributed by atoms with E-state index in [2.05, 4.69) is 30.7 Å². The molecule has 0 aromatic carbocycles. The van der Waals surface area contributed by atoms with Crippen LogP contribution in [-0.4, -0.2) is 120 Å². The van der Waals surface area contributed by atoms with E-state index in [1.165, 1.54) is 37.2 Å². The summed E-state index contributed by atoms with van der Waals surface area (Å²) in [5.41, 5.74) is 0. The molecule has 0 bridgehead atoms. The van der Waals surface area contributed by atoms with Crippen LogP contribution in [0.15, 0.2) is 37.2 Å². The summed E-state index contributed by atoms with van der Waals surface area (Å²) in [4.78, 5) is 71.2. The SMILES string of the molecule is CCOC(=O)C(C(=O)OCC)n1ccnn1.CCOC(=O)C(C(=O)OCC)n1nccn1.CCOC(=O)C(C(=O)OCC)n1nccn1. The van der Waals surface area contributed by atoms with E-state index < -0.39 is 53.9 Å². The first-order valence-corrected chi connectivity index (χ1v) is 14.7. The van der Waals surface area contributed by atoms with Crippen LogP contribution in [0.3, 0.4) is 0 Å². The third-order valence-corrected chi connectivity index (χ3v) is 5.10. The molecule has 0 amide bonds. The molecule has 3 aromatic rings. The number of carbonyl (C=O) groups is 6. The molecule has 3 aromatic heterocycles. The van der Waals surface area contributed by atoms with Crippen molar-refractivity contribution in [1.29, 1.82) is 0 Å². The smallest absolute Gasteiger partial charge is 0.344 e. The second kappa shape index (κ2) is 22.7. The fraction of sp³-hybridized carbons (Fsp3) is 0.556. The van der Waals surface area contributed by atoms with Crippen LogP contribution >= 0.6 is 0 Å². The average molecular weight is 682 g/mol. The van der Waals surface area contributed by atoms with Gasteiger partial charge < -0.3 is 28.4 Å². The highest BCUT2D eigenvalue weighted by molar-refractivity contribution is 5.98. The van der Waals surface area contributed by atoms with Crippen molar-refractivity contribution in [3.8, 4) is 0 Å². The minimum atomic E-state index is -1.27. The fourth-order valence-corrected chi connectivity index (χ4v) is 3.28. The van der Waals surface area contributed by atoms with E-state index in [1.807, 2.05) is 0 Å². The van der Waals surface area contributed by atoms with Gasteiger partial charge >= 0.3 is 35.8 Å². The summed E-state index contributed by atoms with van der Waals surface area (Å²) in [6.07, 6.45) is 8.23. The van der Waals surface area contributed by atoms with E-state index in [4.69, 9.17) is 28.4 Å². The monoisotopic (exact) mass is 681 g/mol. The Kier molecular flexibility index (Phi) is 19.0. The van der Waals surface area contributed by atoms with E-state index in [1.54, 1.807) is 41.5 Å². The topological polar surface area (TPSA) is 250 Å². The Bertz CT molecular complexity index is 1160. The molecule has 0 N–H and O–H groups in total. The molecule has 0 aliphatic heterocycles. The maximum atomic E-state index is 11.5. The number of hydrogen-bond donors (Lipinski definition) is 0. The van der Waals surface area contributed by atoms with Gasteiger partial charge in [0.15, 0.2) is 0 Å². The van der Waals surface area contributed by atoms with Crippen molar-refractivity contribution in [3.63, 3.8) is 0 Å². The van der Waals surface area contributed by atoms with Crippen LogP contribution in [-0.2, 0) is 57.2 Å². The summed E-state index contributed by atoms with van der Waals surface area (Å²) in [6.45, 7) is 11.0. The first-order valence-electron chi connectivity index (χ1n) is 14.7. The van der Waals surface area contributed by atoms with Gasteiger partial charge in [-0.2, -0.15) is 30.0 Å². The maximum absolute atomic E-state index is 11.5. The van der Waals surface area contributed by atoms with E-state index in [9.17, 15) is 28.8 Å². The number of hydrogen-bond acceptors (Lipinski definition) is 18. The van der Waals surface area contributed by atoms with Crippen LogP contribution in [0.2, 0.25) is 0 Å². The Labute approximate surface area is 274 Å². The van der Waals surface area contributed by atoms with Crippen LogP contribution in [0, 0.1) is 0 Å². The molecule has 0 aliphatic rings. The van der Waals surface area contributed by atoms with Gasteiger partial charge in [-0.15, -0.1) is 5.10 Å². The van der Waals surface area contributed by atoms with Crippen LogP contribution in [0.1, 0.15) is 59.7 Å². The Morgan fingerprint density at radius 2 is 0.729 bits per heavy atom. The first kappa shape index (κ1) is 40.3. The lowest BCUT2D eigenvalue weighted by Crippen LogP contribution is -2.32. The van der Waals surface area contributed by atoms with Crippen LogP contribution < -0.4 is 0 Å². The maximum Gasteiger partial charge on any atom is 0.344 e. The Morgan fingerprint density at radius 1 is 0.458 bits per heavy atom. The highest BCUT2D eigenvalue weighted by Crippen LogP contribution is 2.11. The zero-order valence-electron chi connectivity index (χ0n) is 27.4. The lowest BCUT2D eigenvalue weighted by molar-refractivity contribution is -0.163. The molecule has 0 radical (unpaired) electrons. The predicted molar refractivity (Wildman–Crippen MR) is 157 cm³/mol. The molecular weight excluding hydrogens is 642 g/mol. The zero-order chi connectivity index (χ0) is 35.9. The second-order valence-corrected chi connectivity index (χ2v) is 8.30. The summed E-state index contributed by atoms with van der Waals surface area (Å²) >= 11 is 0. The number of rotatable bonds is 15. The lowest BCUT2D eigenvalue weighted by Gasteiger charge is -2.13. The normalized spacial score (nSPS) is 10.2. The number of ether oxygens (including phenoxy) is 6. The van der Waals surface area contributed by atoms with Gasteiger partial charge in [-0.25, -0.2) is 33.4 Å². The quantitative estimate of drug-likeness (QED) is 0.115. The van der Waals surface area contributed by atoms with Crippen molar-refractivity contribution >= 4 is 35.8 Å². The average Bonchev–Trinajstić information content (AvgIpc) is 3.85. The van der Waals surface area contributed by atoms with Gasteiger partial charge in [-0.1, -0.05) is 5.21 Å². The third-order valence-electron chi connectivity index (χ3n) is 5.10. The van der Waals surface area contributed by atoms with Gasteiger partial charge in [-0.05, 0) is 41.5 Å². The number of carbonyl (C=O) groups excluding carboxylic acids is 6. The summed E-state index contributed by atoms with van der Waals surface area (Å²) in [7, 11) is 0. The molecule has 0 unspecified atom stereocenters. The first-order chi connectivity index (χ1) is 23.1. The van der Waals surface area contributed by atoms with Gasteiger partial charge in [-0.3, -0.25) is 0 Å². The molecule has 3 heterocycles. The molecule has 21 nitrogen and oxygen atoms in total. The summed E-state index contributed by atoms with van der Waals surface area (Å²) in [6, 6.07) is -3.76. The lowest BCUT2D eigenvalue weighted by atomic mass is 10.3. The van der Waals surface area contributed by atoms with Crippen molar-refractivity contribution in [3.05, 3.63) is 37.2 Å². The van der Waals surface area contributed by atoms with Gasteiger partial charge in [0.25, 0.3) is 12.1 Å². The van der Waals surface area contributed by atoms with Crippen LogP contribution in [0.25, 0.3) is 0 Å². The molecular formula is C27H39N9O12. The zero-order valence-corrected chi connectivity index (χ0v) is 27.4. The molecule has 0 saturated carbocycles. The molecule has 0 aliphatic carbocycles. The van der Waals surface area contributed by atoms with Crippen molar-refractivity contribution < 1.29 is 57.2 Å². The standard InChI is InChI=1S/3C9H13N3O4/c1-3-15-8(13)7(9(14)16-4-2)12-6-5-10-11-12;2*1-3-15-8(13)7(9(14)16-4-2)12-10-5-6-11-12/h3*5-7H,3-4H2,1-2H3. The molecule has 0 saturated heterocycles. The molecule has 21 heteroatoms. The summed E-state index contributed by atoms with van der Waals surface area (Å²) < 4.78 is 29.7. The Morgan fingerprint density at radius 3 is 0.958 bits per heavy atom. The largest absolute Gasteiger partial charge is 0.464 e. The highest BCUT2D eigenvalue weighted by atomic mass is 16.6. The van der Waals surface area contributed by atoms with Crippen LogP contribution in [0.4, 0.5) is 0 Å². The number of nitrogens with zero attached hydrogens (tertiary/aromatic N) is 9. The van der Waals surface area contributed by atoms with Gasteiger partial charge in [0.05, 0.1) is 70.6 Å². The molecule has 3 rings (SSSR count). The molecule has 0 fully saturated rings. The highest BCUT2D eigenvalue weighted by Gasteiger charge is 2.34. The molecule has 0 atom stereocenters. The van der Waals surface area contributed by atoms with Gasteiger partial charge in [0.1, 0.15) is 0 Å². The van der Waals surface area contributed by atoms with Crippen molar-refractivity contribution in [2.45, 2.75) is 59.7 Å². The van der Waals surface area contributed by atoms with Crippen molar-refractivity contribution in [1.82, 2.24) is 45.0 Å². The van der Waals surface area contributed by atoms with E-state index in [-0.39, 0.29) is 39.6 Å². The van der Waals surface area contributed by atoms with Gasteiger partial charge in [0, 0.05) is 6.20 Å². The fourth-order valence-electron chi connectivity index (χ4n) is 3.28. The van der Waals surface area contributed by atoms with E-state index in [0.717, 1.165) is 14.3 Å². The second-order valence-electron chi connectivity index (χ2n) is 8.30. The summed E-state index contributed by atoms with van der Waals surface area (Å²) in [5.74, 6) is -4.30. The molecule has 0 spiro atoms. The van der Waals surface area contributed by atoms with E-state index >= 15 is 0 Å². The van der Waals surface area contributed by atoms with Crippen LogP contribution in [0.5, 0.6) is 0 Å². The number of aromatic nitrogens is 9. The third kappa shape index (κ3) is 12.9.